The zero-order chi connectivity index (χ0) is 16.1. The summed E-state index contributed by atoms with van der Waals surface area (Å²) in [6, 6.07) is 7.19. The highest BCUT2D eigenvalue weighted by atomic mass is 35.5. The summed E-state index contributed by atoms with van der Waals surface area (Å²) >= 11 is 0. The van der Waals surface area contributed by atoms with Crippen LogP contribution in [0.1, 0.15) is 49.9 Å². The predicted molar refractivity (Wildman–Crippen MR) is 94.9 cm³/mol. The largest absolute Gasteiger partial charge is 0.350 e. The van der Waals surface area contributed by atoms with E-state index in [-0.39, 0.29) is 42.2 Å². The number of carbonyl (C=O) groups is 2. The summed E-state index contributed by atoms with van der Waals surface area (Å²) < 4.78 is 0. The molecule has 1 saturated carbocycles. The number of nitrogens with one attached hydrogen (secondary N) is 2. The summed E-state index contributed by atoms with van der Waals surface area (Å²) in [5.41, 5.74) is 7.23. The maximum Gasteiger partial charge on any atom is 0.251 e. The maximum absolute atomic E-state index is 12.2. The fourth-order valence-corrected chi connectivity index (χ4v) is 2.76. The first kappa shape index (κ1) is 19.5. The van der Waals surface area contributed by atoms with Gasteiger partial charge in [0.05, 0.1) is 0 Å². The van der Waals surface area contributed by atoms with Crippen LogP contribution in [0.4, 0.5) is 5.69 Å². The third-order valence-electron chi connectivity index (χ3n) is 3.92. The van der Waals surface area contributed by atoms with E-state index in [0.29, 0.717) is 11.3 Å². The number of nitrogens with two attached hydrogens (primary N) is 1. The van der Waals surface area contributed by atoms with E-state index in [1.54, 1.807) is 24.3 Å². The van der Waals surface area contributed by atoms with E-state index in [9.17, 15) is 9.59 Å². The summed E-state index contributed by atoms with van der Waals surface area (Å²) in [4.78, 5) is 24.1. The second-order valence-corrected chi connectivity index (χ2v) is 6.32. The molecule has 1 aromatic rings. The topological polar surface area (TPSA) is 84.2 Å². The smallest absolute Gasteiger partial charge is 0.251 e. The molecule has 2 atom stereocenters. The lowest BCUT2D eigenvalue weighted by Crippen LogP contribution is -2.34. The zero-order valence-corrected chi connectivity index (χ0v) is 14.5. The van der Waals surface area contributed by atoms with Gasteiger partial charge in [-0.3, -0.25) is 9.59 Å². The van der Waals surface area contributed by atoms with Crippen LogP contribution in [0.5, 0.6) is 0 Å². The number of anilines is 1. The van der Waals surface area contributed by atoms with Crippen LogP contribution in [0.3, 0.4) is 0 Å². The van der Waals surface area contributed by atoms with Crippen LogP contribution in [0, 0.1) is 5.92 Å². The Morgan fingerprint density at radius 3 is 2.39 bits per heavy atom. The standard InChI is InChI=1S/C17H25N3O2.ClH/c1-11(2)19-16(21)12-6-8-15(9-7-12)20-17(22)13-4-3-5-14(18)10-13;/h6-9,11,13-14H,3-5,10,18H2,1-2H3,(H,19,21)(H,20,22);1H. The third-order valence-corrected chi connectivity index (χ3v) is 3.92. The van der Waals surface area contributed by atoms with Gasteiger partial charge in [-0.25, -0.2) is 0 Å². The molecule has 1 aliphatic rings. The molecule has 128 valence electrons. The number of carbonyl (C=O) groups excluding carboxylic acids is 2. The van der Waals surface area contributed by atoms with E-state index in [0.717, 1.165) is 25.7 Å². The number of halogens is 1. The van der Waals surface area contributed by atoms with Crippen molar-refractivity contribution in [3.8, 4) is 0 Å². The summed E-state index contributed by atoms with van der Waals surface area (Å²) in [7, 11) is 0. The second-order valence-electron chi connectivity index (χ2n) is 6.32. The highest BCUT2D eigenvalue weighted by Crippen LogP contribution is 2.24. The van der Waals surface area contributed by atoms with Gasteiger partial charge in [-0.2, -0.15) is 0 Å². The molecule has 0 bridgehead atoms. The van der Waals surface area contributed by atoms with Crippen LogP contribution in [0.15, 0.2) is 24.3 Å². The van der Waals surface area contributed by atoms with E-state index in [1.165, 1.54) is 0 Å². The van der Waals surface area contributed by atoms with Gasteiger partial charge in [-0.15, -0.1) is 12.4 Å². The Bertz CT molecular complexity index is 531. The monoisotopic (exact) mass is 339 g/mol. The van der Waals surface area contributed by atoms with Crippen molar-refractivity contribution in [2.24, 2.45) is 11.7 Å². The summed E-state index contributed by atoms with van der Waals surface area (Å²) in [5, 5.41) is 5.75. The number of rotatable bonds is 4. The summed E-state index contributed by atoms with van der Waals surface area (Å²) in [5.74, 6) is -0.0895. The van der Waals surface area contributed by atoms with Crippen molar-refractivity contribution in [2.75, 3.05) is 5.32 Å². The van der Waals surface area contributed by atoms with Crippen LogP contribution < -0.4 is 16.4 Å². The Kier molecular flexibility index (Phi) is 7.52. The maximum atomic E-state index is 12.2. The molecule has 2 unspecified atom stereocenters. The SMILES string of the molecule is CC(C)NC(=O)c1ccc(NC(=O)C2CCCC(N)C2)cc1.Cl. The minimum Gasteiger partial charge on any atom is -0.350 e. The minimum absolute atomic E-state index is 0. The van der Waals surface area contributed by atoms with Crippen LogP contribution in [-0.4, -0.2) is 23.9 Å². The second kappa shape index (κ2) is 8.89. The molecular weight excluding hydrogens is 314 g/mol. The summed E-state index contributed by atoms with van der Waals surface area (Å²) in [6.07, 6.45) is 3.66. The van der Waals surface area contributed by atoms with Crippen molar-refractivity contribution in [2.45, 2.75) is 51.6 Å². The average Bonchev–Trinajstić information content (AvgIpc) is 2.47. The molecule has 1 aliphatic carbocycles. The van der Waals surface area contributed by atoms with Crippen molar-refractivity contribution in [3.63, 3.8) is 0 Å². The predicted octanol–water partition coefficient (Wildman–Crippen LogP) is 2.70. The van der Waals surface area contributed by atoms with Gasteiger partial charge >= 0.3 is 0 Å². The van der Waals surface area contributed by atoms with Gasteiger partial charge in [0, 0.05) is 29.3 Å². The van der Waals surface area contributed by atoms with E-state index in [1.807, 2.05) is 13.8 Å². The molecule has 0 saturated heterocycles. The van der Waals surface area contributed by atoms with Gasteiger partial charge in [0.2, 0.25) is 5.91 Å². The fraction of sp³-hybridized carbons (Fsp3) is 0.529. The molecule has 1 aromatic carbocycles. The van der Waals surface area contributed by atoms with Crippen molar-refractivity contribution in [1.82, 2.24) is 5.32 Å². The number of benzene rings is 1. The van der Waals surface area contributed by atoms with Crippen molar-refractivity contribution < 1.29 is 9.59 Å². The van der Waals surface area contributed by atoms with Crippen LogP contribution in [0.2, 0.25) is 0 Å². The van der Waals surface area contributed by atoms with E-state index < -0.39 is 0 Å². The molecule has 4 N–H and O–H groups in total. The first-order chi connectivity index (χ1) is 10.5. The average molecular weight is 340 g/mol. The highest BCUT2D eigenvalue weighted by molar-refractivity contribution is 5.96. The Balaban J connectivity index is 0.00000264. The van der Waals surface area contributed by atoms with E-state index in [4.69, 9.17) is 5.73 Å². The molecule has 6 heteroatoms. The summed E-state index contributed by atoms with van der Waals surface area (Å²) in [6.45, 7) is 3.84. The van der Waals surface area contributed by atoms with Crippen molar-refractivity contribution in [3.05, 3.63) is 29.8 Å². The lowest BCUT2D eigenvalue weighted by atomic mass is 9.85. The van der Waals surface area contributed by atoms with Gasteiger partial charge in [-0.05, 0) is 57.4 Å². The Morgan fingerprint density at radius 1 is 1.17 bits per heavy atom. The molecule has 0 aliphatic heterocycles. The molecule has 5 nitrogen and oxygen atoms in total. The van der Waals surface area contributed by atoms with Crippen molar-refractivity contribution >= 4 is 29.9 Å². The molecule has 0 heterocycles. The van der Waals surface area contributed by atoms with E-state index >= 15 is 0 Å². The van der Waals surface area contributed by atoms with Crippen LogP contribution in [0.25, 0.3) is 0 Å². The highest BCUT2D eigenvalue weighted by Gasteiger charge is 2.25. The normalized spacial score (nSPS) is 20.5. The Labute approximate surface area is 143 Å². The van der Waals surface area contributed by atoms with Crippen molar-refractivity contribution in [1.29, 1.82) is 0 Å². The van der Waals surface area contributed by atoms with Crippen LogP contribution >= 0.6 is 12.4 Å². The first-order valence-corrected chi connectivity index (χ1v) is 7.93. The molecule has 0 spiro atoms. The van der Waals surface area contributed by atoms with Gasteiger partial charge in [0.15, 0.2) is 0 Å². The molecule has 1 fully saturated rings. The molecule has 23 heavy (non-hydrogen) atoms. The van der Waals surface area contributed by atoms with E-state index in [2.05, 4.69) is 10.6 Å². The Hall–Kier alpha value is -1.59. The van der Waals surface area contributed by atoms with Gasteiger partial charge < -0.3 is 16.4 Å². The molecule has 0 radical (unpaired) electrons. The van der Waals surface area contributed by atoms with Gasteiger partial charge in [-0.1, -0.05) is 6.42 Å². The molecular formula is C17H26ClN3O2. The number of amides is 2. The fourth-order valence-electron chi connectivity index (χ4n) is 2.76. The van der Waals surface area contributed by atoms with Gasteiger partial charge in [0.1, 0.15) is 0 Å². The zero-order valence-electron chi connectivity index (χ0n) is 13.7. The number of hydrogen-bond donors (Lipinski definition) is 3. The molecule has 0 aromatic heterocycles. The quantitative estimate of drug-likeness (QED) is 0.788. The van der Waals surface area contributed by atoms with Gasteiger partial charge in [0.25, 0.3) is 5.91 Å². The van der Waals surface area contributed by atoms with Crippen LogP contribution in [-0.2, 0) is 4.79 Å². The Morgan fingerprint density at radius 2 is 1.83 bits per heavy atom. The lowest BCUT2D eigenvalue weighted by Gasteiger charge is -2.25. The molecule has 2 amide bonds. The molecule has 2 rings (SSSR count). The third kappa shape index (κ3) is 5.84. The number of hydrogen-bond acceptors (Lipinski definition) is 3. The first-order valence-electron chi connectivity index (χ1n) is 7.93. The lowest BCUT2D eigenvalue weighted by molar-refractivity contribution is -0.120. The minimum atomic E-state index is -0.105.